The number of hydrogen-bond donors (Lipinski definition) is 0. The molecule has 4 bridgehead atoms. The average molecular weight is 308 g/mol. The summed E-state index contributed by atoms with van der Waals surface area (Å²) in [5.41, 5.74) is 0.667. The average Bonchev–Trinajstić information content (AvgIpc) is 2.27. The van der Waals surface area contributed by atoms with E-state index in [2.05, 4.69) is 35.2 Å². The van der Waals surface area contributed by atoms with Gasteiger partial charge in [-0.3, -0.25) is 0 Å². The molecule has 0 unspecified atom stereocenters. The lowest BCUT2D eigenvalue weighted by Gasteiger charge is -2.55. The molecule has 4 aliphatic carbocycles. The maximum absolute atomic E-state index is 2.42. The van der Waals surface area contributed by atoms with E-state index in [4.69, 9.17) is 0 Å². The summed E-state index contributed by atoms with van der Waals surface area (Å²) in [6.45, 7) is 1.28. The zero-order valence-corrected chi connectivity index (χ0v) is 12.5. The standard InChI is InChI=1S/C16H22N.BrH/c1-2-4-17(5-3-1)12-16-9-13-6-14(10-16)8-15(7-13)11-16;/h1-5,13-15H,6-12H2;1H/q+1;/p-1. The van der Waals surface area contributed by atoms with Crippen molar-refractivity contribution in [1.29, 1.82) is 0 Å². The Morgan fingerprint density at radius 1 is 0.833 bits per heavy atom. The Labute approximate surface area is 120 Å². The molecule has 4 fully saturated rings. The van der Waals surface area contributed by atoms with Crippen molar-refractivity contribution >= 4 is 0 Å². The molecule has 0 aliphatic heterocycles. The lowest BCUT2D eigenvalue weighted by atomic mass is 9.49. The number of nitrogens with zero attached hydrogens (tertiary/aromatic N) is 1. The second kappa shape index (κ2) is 4.63. The Kier molecular flexibility index (Phi) is 3.25. The highest BCUT2D eigenvalue weighted by Gasteiger charge is 2.52. The molecule has 0 N–H and O–H groups in total. The zero-order chi connectivity index (χ0) is 11.3. The van der Waals surface area contributed by atoms with Crippen molar-refractivity contribution < 1.29 is 21.5 Å². The third kappa shape index (κ3) is 2.13. The van der Waals surface area contributed by atoms with E-state index in [0.29, 0.717) is 5.41 Å². The third-order valence-corrected chi connectivity index (χ3v) is 5.46. The van der Waals surface area contributed by atoms with Crippen molar-refractivity contribution in [1.82, 2.24) is 0 Å². The van der Waals surface area contributed by atoms with Crippen molar-refractivity contribution in [3.05, 3.63) is 30.6 Å². The Bertz CT molecular complexity index is 379. The summed E-state index contributed by atoms with van der Waals surface area (Å²) in [7, 11) is 0. The SMILES string of the molecule is [Br-].c1cc[n+](CC23CC4CC(CC(C4)C2)C3)cc1. The van der Waals surface area contributed by atoms with Crippen molar-refractivity contribution in [2.75, 3.05) is 0 Å². The van der Waals surface area contributed by atoms with Crippen LogP contribution >= 0.6 is 0 Å². The van der Waals surface area contributed by atoms with Gasteiger partial charge < -0.3 is 17.0 Å². The molecular weight excluding hydrogens is 286 g/mol. The molecule has 1 heterocycles. The van der Waals surface area contributed by atoms with Crippen LogP contribution in [-0.2, 0) is 6.54 Å². The molecule has 1 aromatic heterocycles. The van der Waals surface area contributed by atoms with Crippen molar-refractivity contribution in [3.63, 3.8) is 0 Å². The zero-order valence-electron chi connectivity index (χ0n) is 10.9. The number of rotatable bonds is 2. The highest BCUT2D eigenvalue weighted by atomic mass is 79.9. The fraction of sp³-hybridized carbons (Fsp3) is 0.688. The van der Waals surface area contributed by atoms with Gasteiger partial charge in [-0.15, -0.1) is 0 Å². The third-order valence-electron chi connectivity index (χ3n) is 5.46. The molecule has 0 atom stereocenters. The molecule has 4 saturated carbocycles. The van der Waals surface area contributed by atoms with Crippen LogP contribution in [0.3, 0.4) is 0 Å². The van der Waals surface area contributed by atoms with Gasteiger partial charge in [-0.1, -0.05) is 6.07 Å². The fourth-order valence-electron chi connectivity index (χ4n) is 5.41. The molecule has 1 nitrogen and oxygen atoms in total. The summed E-state index contributed by atoms with van der Waals surface area (Å²) in [6.07, 6.45) is 13.7. The first-order valence-corrected chi connectivity index (χ1v) is 7.25. The van der Waals surface area contributed by atoms with E-state index >= 15 is 0 Å². The molecule has 18 heavy (non-hydrogen) atoms. The molecular formula is C16H22BrN. The first-order valence-electron chi connectivity index (χ1n) is 7.25. The summed E-state index contributed by atoms with van der Waals surface area (Å²) < 4.78 is 2.42. The van der Waals surface area contributed by atoms with Crippen LogP contribution < -0.4 is 21.5 Å². The minimum Gasteiger partial charge on any atom is -1.00 e. The van der Waals surface area contributed by atoms with Gasteiger partial charge in [0.25, 0.3) is 0 Å². The van der Waals surface area contributed by atoms with Gasteiger partial charge >= 0.3 is 0 Å². The quantitative estimate of drug-likeness (QED) is 0.687. The maximum Gasteiger partial charge on any atom is 0.168 e. The fourth-order valence-corrected chi connectivity index (χ4v) is 5.41. The Morgan fingerprint density at radius 3 is 1.83 bits per heavy atom. The number of halogens is 1. The molecule has 0 aromatic carbocycles. The number of pyridine rings is 1. The molecule has 0 amide bonds. The van der Waals surface area contributed by atoms with Crippen molar-refractivity contribution in [3.8, 4) is 0 Å². The van der Waals surface area contributed by atoms with Gasteiger partial charge in [0.1, 0.15) is 0 Å². The molecule has 5 rings (SSSR count). The Morgan fingerprint density at radius 2 is 1.33 bits per heavy atom. The lowest BCUT2D eigenvalue weighted by molar-refractivity contribution is -0.712. The van der Waals surface area contributed by atoms with Crippen LogP contribution in [0, 0.1) is 23.2 Å². The van der Waals surface area contributed by atoms with Gasteiger partial charge in [-0.05, 0) is 56.3 Å². The van der Waals surface area contributed by atoms with E-state index in [1.165, 1.54) is 25.8 Å². The Hall–Kier alpha value is -0.370. The van der Waals surface area contributed by atoms with E-state index in [1.807, 2.05) is 0 Å². The predicted molar refractivity (Wildman–Crippen MR) is 67.2 cm³/mol. The molecule has 2 heteroatoms. The first kappa shape index (κ1) is 12.7. The topological polar surface area (TPSA) is 3.88 Å². The van der Waals surface area contributed by atoms with Crippen LogP contribution in [0.4, 0.5) is 0 Å². The van der Waals surface area contributed by atoms with E-state index in [9.17, 15) is 0 Å². The van der Waals surface area contributed by atoms with Crippen LogP contribution in [0.2, 0.25) is 0 Å². The summed E-state index contributed by atoms with van der Waals surface area (Å²) in [6, 6.07) is 6.46. The van der Waals surface area contributed by atoms with Crippen molar-refractivity contribution in [2.24, 2.45) is 23.2 Å². The first-order chi connectivity index (χ1) is 8.31. The van der Waals surface area contributed by atoms with Gasteiger partial charge in [0, 0.05) is 17.5 Å². The van der Waals surface area contributed by atoms with Crippen molar-refractivity contribution in [2.45, 2.75) is 45.1 Å². The van der Waals surface area contributed by atoms with Gasteiger partial charge in [-0.25, -0.2) is 4.57 Å². The molecule has 0 saturated heterocycles. The van der Waals surface area contributed by atoms with Gasteiger partial charge in [0.05, 0.1) is 0 Å². The van der Waals surface area contributed by atoms with E-state index in [-0.39, 0.29) is 17.0 Å². The molecule has 0 spiro atoms. The van der Waals surface area contributed by atoms with Gasteiger partial charge in [0.2, 0.25) is 0 Å². The maximum atomic E-state index is 2.42. The highest BCUT2D eigenvalue weighted by molar-refractivity contribution is 5.00. The summed E-state index contributed by atoms with van der Waals surface area (Å²) in [5.74, 6) is 3.22. The minimum absolute atomic E-state index is 0. The minimum atomic E-state index is 0. The van der Waals surface area contributed by atoms with Crippen LogP contribution in [0.15, 0.2) is 30.6 Å². The van der Waals surface area contributed by atoms with Crippen LogP contribution in [0.5, 0.6) is 0 Å². The largest absolute Gasteiger partial charge is 1.00 e. The normalized spacial score (nSPS) is 40.6. The highest BCUT2D eigenvalue weighted by Crippen LogP contribution is 2.60. The molecule has 98 valence electrons. The summed E-state index contributed by atoms with van der Waals surface area (Å²) in [5, 5.41) is 0. The molecule has 4 aliphatic rings. The van der Waals surface area contributed by atoms with E-state index in [0.717, 1.165) is 17.8 Å². The molecule has 1 aromatic rings. The smallest absolute Gasteiger partial charge is 0.168 e. The molecule has 0 radical (unpaired) electrons. The summed E-state index contributed by atoms with van der Waals surface area (Å²) in [4.78, 5) is 0. The van der Waals surface area contributed by atoms with Crippen LogP contribution in [0.25, 0.3) is 0 Å². The van der Waals surface area contributed by atoms with Crippen LogP contribution in [0.1, 0.15) is 38.5 Å². The Balaban J connectivity index is 0.000001000. The second-order valence-corrected chi connectivity index (χ2v) is 6.97. The monoisotopic (exact) mass is 307 g/mol. The van der Waals surface area contributed by atoms with E-state index < -0.39 is 0 Å². The lowest BCUT2D eigenvalue weighted by Crippen LogP contribution is -3.00. The van der Waals surface area contributed by atoms with E-state index in [1.54, 1.807) is 19.3 Å². The number of hydrogen-bond acceptors (Lipinski definition) is 0. The van der Waals surface area contributed by atoms with Crippen LogP contribution in [-0.4, -0.2) is 0 Å². The van der Waals surface area contributed by atoms with Gasteiger partial charge in [0.15, 0.2) is 18.9 Å². The van der Waals surface area contributed by atoms with Gasteiger partial charge in [-0.2, -0.15) is 0 Å². The predicted octanol–water partition coefficient (Wildman–Crippen LogP) is 0.195. The summed E-state index contributed by atoms with van der Waals surface area (Å²) >= 11 is 0. The second-order valence-electron chi connectivity index (χ2n) is 6.97. The number of aromatic nitrogens is 1.